The molecule has 0 aliphatic carbocycles. The maximum absolute atomic E-state index is 11.4. The monoisotopic (exact) mass is 259 g/mol. The van der Waals surface area contributed by atoms with Crippen LogP contribution in [0.1, 0.15) is 19.3 Å². The van der Waals surface area contributed by atoms with E-state index in [1.54, 1.807) is 4.90 Å². The number of hydrogen-bond acceptors (Lipinski definition) is 4. The third-order valence-corrected chi connectivity index (χ3v) is 4.58. The third-order valence-electron chi connectivity index (χ3n) is 2.83. The van der Waals surface area contributed by atoms with Gasteiger partial charge < -0.3 is 5.11 Å². The second-order valence-corrected chi connectivity index (χ2v) is 6.46. The molecule has 6 heteroatoms. The molecule has 0 saturated carbocycles. The van der Waals surface area contributed by atoms with Crippen molar-refractivity contribution in [3.63, 3.8) is 0 Å². The van der Waals surface area contributed by atoms with Gasteiger partial charge in [-0.25, -0.2) is 8.42 Å². The number of carbonyl (C=O) groups is 1. The Labute approximate surface area is 102 Å². The molecule has 1 atom stereocenters. The number of hydrogen-bond donors (Lipinski definition) is 1. The molecule has 0 aromatic rings. The highest BCUT2D eigenvalue weighted by Crippen LogP contribution is 2.18. The van der Waals surface area contributed by atoms with Gasteiger partial charge in [0, 0.05) is 12.5 Å². The maximum atomic E-state index is 11.4. The molecule has 0 bridgehead atoms. The normalized spacial score (nSPS) is 22.5. The minimum Gasteiger partial charge on any atom is -0.480 e. The van der Waals surface area contributed by atoms with Crippen LogP contribution in [-0.2, 0) is 14.6 Å². The number of aliphatic carboxylic acids is 1. The molecule has 0 aromatic heterocycles. The molecule has 96 valence electrons. The van der Waals surface area contributed by atoms with Crippen molar-refractivity contribution in [1.29, 1.82) is 0 Å². The van der Waals surface area contributed by atoms with E-state index in [-0.39, 0.29) is 24.1 Å². The van der Waals surface area contributed by atoms with Crippen LogP contribution in [0.3, 0.4) is 0 Å². The first kappa shape index (κ1) is 14.0. The molecular formula is C11H17NO4S. The largest absolute Gasteiger partial charge is 0.480 e. The first-order chi connectivity index (χ1) is 7.94. The van der Waals surface area contributed by atoms with Crippen LogP contribution < -0.4 is 0 Å². The second kappa shape index (κ2) is 6.03. The van der Waals surface area contributed by atoms with E-state index in [2.05, 4.69) is 5.92 Å². The van der Waals surface area contributed by atoms with Crippen LogP contribution in [-0.4, -0.2) is 55.0 Å². The van der Waals surface area contributed by atoms with Crippen LogP contribution in [0.15, 0.2) is 0 Å². The van der Waals surface area contributed by atoms with E-state index in [9.17, 15) is 13.2 Å². The number of carboxylic acids is 1. The Bertz CT molecular complexity index is 410. The average molecular weight is 259 g/mol. The van der Waals surface area contributed by atoms with Crippen LogP contribution in [0, 0.1) is 12.3 Å². The Balaban J connectivity index is 2.57. The molecular weight excluding hydrogens is 242 g/mol. The quantitative estimate of drug-likeness (QED) is 0.536. The lowest BCUT2D eigenvalue weighted by Gasteiger charge is -2.25. The second-order valence-electron chi connectivity index (χ2n) is 4.23. The van der Waals surface area contributed by atoms with Gasteiger partial charge in [-0.1, -0.05) is 0 Å². The maximum Gasteiger partial charge on any atom is 0.317 e. The SMILES string of the molecule is C#CCCCN(CC(=O)O)C1CCS(=O)(=O)C1. The van der Waals surface area contributed by atoms with Crippen LogP contribution in [0.5, 0.6) is 0 Å². The molecule has 5 nitrogen and oxygen atoms in total. The van der Waals surface area contributed by atoms with Crippen LogP contribution >= 0.6 is 0 Å². The zero-order chi connectivity index (χ0) is 12.9. The zero-order valence-electron chi connectivity index (χ0n) is 9.63. The predicted molar refractivity (Wildman–Crippen MR) is 64.3 cm³/mol. The summed E-state index contributed by atoms with van der Waals surface area (Å²) in [5.41, 5.74) is 0. The Morgan fingerprint density at radius 1 is 1.53 bits per heavy atom. The highest BCUT2D eigenvalue weighted by molar-refractivity contribution is 7.91. The molecule has 1 fully saturated rings. The molecule has 1 aliphatic rings. The van der Waals surface area contributed by atoms with E-state index < -0.39 is 15.8 Å². The minimum atomic E-state index is -2.98. The van der Waals surface area contributed by atoms with Crippen molar-refractivity contribution in [2.45, 2.75) is 25.3 Å². The number of terminal acetylenes is 1. The van der Waals surface area contributed by atoms with Crippen LogP contribution in [0.2, 0.25) is 0 Å². The van der Waals surface area contributed by atoms with E-state index in [1.807, 2.05) is 0 Å². The average Bonchev–Trinajstić information content (AvgIpc) is 2.57. The summed E-state index contributed by atoms with van der Waals surface area (Å²) in [6.07, 6.45) is 6.93. The minimum absolute atomic E-state index is 0.0658. The van der Waals surface area contributed by atoms with Gasteiger partial charge in [-0.15, -0.1) is 12.3 Å². The molecule has 1 aliphatic heterocycles. The van der Waals surface area contributed by atoms with Gasteiger partial charge in [0.1, 0.15) is 0 Å². The smallest absolute Gasteiger partial charge is 0.317 e. The molecule has 0 radical (unpaired) electrons. The fraction of sp³-hybridized carbons (Fsp3) is 0.727. The summed E-state index contributed by atoms with van der Waals surface area (Å²) in [4.78, 5) is 12.4. The zero-order valence-corrected chi connectivity index (χ0v) is 10.4. The summed E-state index contributed by atoms with van der Waals surface area (Å²) in [5.74, 6) is 1.78. The first-order valence-electron chi connectivity index (χ1n) is 5.54. The lowest BCUT2D eigenvalue weighted by molar-refractivity contribution is -0.138. The molecule has 0 aromatic carbocycles. The molecule has 1 heterocycles. The Morgan fingerprint density at radius 2 is 2.24 bits per heavy atom. The lowest BCUT2D eigenvalue weighted by atomic mass is 10.2. The van der Waals surface area contributed by atoms with Crippen molar-refractivity contribution in [3.8, 4) is 12.3 Å². The van der Waals surface area contributed by atoms with Crippen LogP contribution in [0.25, 0.3) is 0 Å². The Hall–Kier alpha value is -1.06. The van der Waals surface area contributed by atoms with Gasteiger partial charge >= 0.3 is 5.97 Å². The summed E-state index contributed by atoms with van der Waals surface area (Å²) < 4.78 is 22.7. The van der Waals surface area contributed by atoms with E-state index >= 15 is 0 Å². The fourth-order valence-electron chi connectivity index (χ4n) is 2.01. The van der Waals surface area contributed by atoms with E-state index in [0.29, 0.717) is 25.8 Å². The summed E-state index contributed by atoms with van der Waals surface area (Å²) in [7, 11) is -2.98. The molecule has 1 rings (SSSR count). The number of unbranched alkanes of at least 4 members (excludes halogenated alkanes) is 1. The van der Waals surface area contributed by atoms with E-state index in [4.69, 9.17) is 11.5 Å². The molecule has 1 unspecified atom stereocenters. The molecule has 0 amide bonds. The molecule has 0 spiro atoms. The standard InChI is InChI=1S/C11H17NO4S/c1-2-3-4-6-12(8-11(13)14)10-5-7-17(15,16)9-10/h1,10H,3-9H2,(H,13,14). The van der Waals surface area contributed by atoms with Crippen molar-refractivity contribution in [1.82, 2.24) is 4.90 Å². The topological polar surface area (TPSA) is 74.7 Å². The summed E-state index contributed by atoms with van der Waals surface area (Å²) in [6, 6.07) is -0.172. The summed E-state index contributed by atoms with van der Waals surface area (Å²) >= 11 is 0. The van der Waals surface area contributed by atoms with Gasteiger partial charge in [0.15, 0.2) is 9.84 Å². The van der Waals surface area contributed by atoms with E-state index in [1.165, 1.54) is 0 Å². The highest BCUT2D eigenvalue weighted by Gasteiger charge is 2.32. The summed E-state index contributed by atoms with van der Waals surface area (Å²) in [6.45, 7) is 0.418. The van der Waals surface area contributed by atoms with Crippen molar-refractivity contribution in [2.75, 3.05) is 24.6 Å². The number of sulfone groups is 1. The fourth-order valence-corrected chi connectivity index (χ4v) is 3.77. The molecule has 17 heavy (non-hydrogen) atoms. The van der Waals surface area contributed by atoms with Crippen molar-refractivity contribution >= 4 is 15.8 Å². The van der Waals surface area contributed by atoms with Gasteiger partial charge in [-0.05, 0) is 19.4 Å². The Kier molecular flexibility index (Phi) is 4.97. The number of carboxylic acid groups (broad SMARTS) is 1. The number of rotatable bonds is 6. The number of nitrogens with zero attached hydrogens (tertiary/aromatic N) is 1. The summed E-state index contributed by atoms with van der Waals surface area (Å²) in [5, 5.41) is 8.80. The third kappa shape index (κ3) is 4.75. The van der Waals surface area contributed by atoms with Crippen LogP contribution in [0.4, 0.5) is 0 Å². The van der Waals surface area contributed by atoms with Gasteiger partial charge in [0.05, 0.1) is 18.1 Å². The molecule has 1 N–H and O–H groups in total. The lowest BCUT2D eigenvalue weighted by Crippen LogP contribution is -2.40. The molecule has 1 saturated heterocycles. The van der Waals surface area contributed by atoms with Gasteiger partial charge in [-0.3, -0.25) is 9.69 Å². The van der Waals surface area contributed by atoms with Gasteiger partial charge in [0.2, 0.25) is 0 Å². The van der Waals surface area contributed by atoms with Crippen molar-refractivity contribution in [2.24, 2.45) is 0 Å². The van der Waals surface area contributed by atoms with E-state index in [0.717, 1.165) is 0 Å². The Morgan fingerprint density at radius 3 is 2.71 bits per heavy atom. The van der Waals surface area contributed by atoms with Gasteiger partial charge in [0.25, 0.3) is 0 Å². The highest BCUT2D eigenvalue weighted by atomic mass is 32.2. The van der Waals surface area contributed by atoms with Crippen molar-refractivity contribution < 1.29 is 18.3 Å². The van der Waals surface area contributed by atoms with Crippen molar-refractivity contribution in [3.05, 3.63) is 0 Å². The predicted octanol–water partition coefficient (Wildman–Crippen LogP) is -0.0265. The first-order valence-corrected chi connectivity index (χ1v) is 7.36. The van der Waals surface area contributed by atoms with Gasteiger partial charge in [-0.2, -0.15) is 0 Å².